The molecule has 7 nitrogen and oxygen atoms in total. The minimum Gasteiger partial charge on any atom is -0.461 e. The summed E-state index contributed by atoms with van der Waals surface area (Å²) in [5.74, 6) is -1.39. The molecule has 122 valence electrons. The molecule has 0 spiro atoms. The Morgan fingerprint density at radius 2 is 2.23 bits per heavy atom. The van der Waals surface area contributed by atoms with Crippen LogP contribution in [0.1, 0.15) is 28.7 Å². The zero-order valence-corrected chi connectivity index (χ0v) is 14.4. The van der Waals surface area contributed by atoms with Crippen LogP contribution in [0.25, 0.3) is 0 Å². The van der Waals surface area contributed by atoms with E-state index in [1.54, 1.807) is 13.8 Å². The smallest absolute Gasteiger partial charge is 0.358 e. The first-order chi connectivity index (χ1) is 10.2. The van der Waals surface area contributed by atoms with Crippen molar-refractivity contribution in [2.24, 2.45) is 5.92 Å². The zero-order chi connectivity index (χ0) is 16.5. The molecule has 1 aromatic rings. The Morgan fingerprint density at radius 3 is 2.82 bits per heavy atom. The summed E-state index contributed by atoms with van der Waals surface area (Å²) < 4.78 is 27.1. The number of esters is 1. The van der Waals surface area contributed by atoms with Gasteiger partial charge in [-0.05, 0) is 13.8 Å². The van der Waals surface area contributed by atoms with Gasteiger partial charge < -0.3 is 4.74 Å². The molecule has 1 amide bonds. The topological polar surface area (TPSA) is 93.6 Å². The third-order valence-corrected chi connectivity index (χ3v) is 5.37. The van der Waals surface area contributed by atoms with E-state index in [1.165, 1.54) is 16.2 Å². The molecule has 1 aliphatic heterocycles. The third kappa shape index (κ3) is 3.96. The number of amides is 1. The second kappa shape index (κ2) is 6.51. The molecule has 1 unspecified atom stereocenters. The lowest BCUT2D eigenvalue weighted by Gasteiger charge is -2.12. The highest BCUT2D eigenvalue weighted by atomic mass is 35.7. The normalized spacial score (nSPS) is 18.8. The van der Waals surface area contributed by atoms with Crippen molar-refractivity contribution in [1.29, 1.82) is 0 Å². The van der Waals surface area contributed by atoms with E-state index in [0.29, 0.717) is 10.0 Å². The molecule has 0 bridgehead atoms. The van der Waals surface area contributed by atoms with E-state index in [9.17, 15) is 18.0 Å². The molecule has 1 fully saturated rings. The van der Waals surface area contributed by atoms with Crippen LogP contribution in [-0.4, -0.2) is 44.2 Å². The van der Waals surface area contributed by atoms with Crippen molar-refractivity contribution in [3.05, 3.63) is 10.6 Å². The first kappa shape index (κ1) is 17.2. The Hall–Kier alpha value is -1.19. The summed E-state index contributed by atoms with van der Waals surface area (Å²) in [6.07, 6.45) is 0.0965. The highest BCUT2D eigenvalue weighted by molar-refractivity contribution is 8.13. The standard InChI is InChI=1S/C12H15ClN2O5S2/c1-3-20-11(17)10-7(2)21-12(14-10)15-5-8(4-9(15)16)6-22(13,18)19/h8H,3-6H2,1-2H3. The lowest BCUT2D eigenvalue weighted by Crippen LogP contribution is -2.25. The van der Waals surface area contributed by atoms with E-state index in [2.05, 4.69) is 4.98 Å². The van der Waals surface area contributed by atoms with Gasteiger partial charge in [0.25, 0.3) is 0 Å². The van der Waals surface area contributed by atoms with Gasteiger partial charge in [0.15, 0.2) is 10.8 Å². The number of hydrogen-bond donors (Lipinski definition) is 0. The summed E-state index contributed by atoms with van der Waals surface area (Å²) in [5, 5.41) is 0.375. The van der Waals surface area contributed by atoms with Crippen molar-refractivity contribution in [2.75, 3.05) is 23.8 Å². The lowest BCUT2D eigenvalue weighted by molar-refractivity contribution is -0.117. The Morgan fingerprint density at radius 1 is 1.55 bits per heavy atom. The number of anilines is 1. The van der Waals surface area contributed by atoms with Gasteiger partial charge in [-0.2, -0.15) is 0 Å². The maximum Gasteiger partial charge on any atom is 0.358 e. The average Bonchev–Trinajstić information content (AvgIpc) is 2.91. The predicted molar refractivity (Wildman–Crippen MR) is 82.9 cm³/mol. The lowest BCUT2D eigenvalue weighted by atomic mass is 10.1. The Bertz CT molecular complexity index is 700. The van der Waals surface area contributed by atoms with Crippen molar-refractivity contribution in [3.8, 4) is 0 Å². The van der Waals surface area contributed by atoms with Crippen LogP contribution in [0.5, 0.6) is 0 Å². The summed E-state index contributed by atoms with van der Waals surface area (Å²) in [4.78, 5) is 30.0. The quantitative estimate of drug-likeness (QED) is 0.579. The molecule has 0 aromatic carbocycles. The van der Waals surface area contributed by atoms with Crippen LogP contribution in [0.4, 0.5) is 5.13 Å². The van der Waals surface area contributed by atoms with E-state index < -0.39 is 15.0 Å². The summed E-state index contributed by atoms with van der Waals surface area (Å²) in [7, 11) is 1.57. The molecule has 2 heterocycles. The molecule has 1 atom stereocenters. The molecule has 10 heteroatoms. The van der Waals surface area contributed by atoms with Crippen LogP contribution in [0, 0.1) is 12.8 Å². The second-order valence-electron chi connectivity index (χ2n) is 4.90. The molecule has 0 aliphatic carbocycles. The minimum absolute atomic E-state index is 0.0965. The maximum atomic E-state index is 12.0. The number of ether oxygens (including phenoxy) is 1. The maximum absolute atomic E-state index is 12.0. The van der Waals surface area contributed by atoms with Gasteiger partial charge in [-0.1, -0.05) is 0 Å². The first-order valence-electron chi connectivity index (χ1n) is 6.58. The zero-order valence-electron chi connectivity index (χ0n) is 12.0. The van der Waals surface area contributed by atoms with Crippen molar-refractivity contribution in [3.63, 3.8) is 0 Å². The fraction of sp³-hybridized carbons (Fsp3) is 0.583. The van der Waals surface area contributed by atoms with Crippen LogP contribution >= 0.6 is 22.0 Å². The van der Waals surface area contributed by atoms with Crippen LogP contribution in [0.2, 0.25) is 0 Å². The van der Waals surface area contributed by atoms with Crippen LogP contribution in [-0.2, 0) is 18.6 Å². The van der Waals surface area contributed by atoms with Gasteiger partial charge in [-0.25, -0.2) is 18.2 Å². The van der Waals surface area contributed by atoms with Gasteiger partial charge in [-0.15, -0.1) is 11.3 Å². The first-order valence-corrected chi connectivity index (χ1v) is 9.88. The average molecular weight is 367 g/mol. The molecule has 0 saturated carbocycles. The number of thiazole rings is 1. The van der Waals surface area contributed by atoms with Gasteiger partial charge in [0.1, 0.15) is 0 Å². The number of carbonyl (C=O) groups is 2. The van der Waals surface area contributed by atoms with Gasteiger partial charge >= 0.3 is 5.97 Å². The van der Waals surface area contributed by atoms with Crippen LogP contribution in [0.15, 0.2) is 0 Å². The number of aromatic nitrogens is 1. The largest absolute Gasteiger partial charge is 0.461 e. The van der Waals surface area contributed by atoms with E-state index in [1.807, 2.05) is 0 Å². The molecule has 0 N–H and O–H groups in total. The number of nitrogens with zero attached hydrogens (tertiary/aromatic N) is 2. The van der Waals surface area contributed by atoms with Crippen molar-refractivity contribution >= 4 is 48.1 Å². The van der Waals surface area contributed by atoms with E-state index >= 15 is 0 Å². The minimum atomic E-state index is -3.66. The molecule has 1 aliphatic rings. The van der Waals surface area contributed by atoms with Crippen LogP contribution in [0.3, 0.4) is 0 Å². The number of rotatable bonds is 5. The molecule has 2 rings (SSSR count). The monoisotopic (exact) mass is 366 g/mol. The van der Waals surface area contributed by atoms with E-state index in [4.69, 9.17) is 15.4 Å². The molecule has 1 aromatic heterocycles. The molecule has 0 radical (unpaired) electrons. The Labute approximate surface area is 136 Å². The second-order valence-corrected chi connectivity index (χ2v) is 8.90. The Balaban J connectivity index is 2.17. The van der Waals surface area contributed by atoms with Gasteiger partial charge in [0.2, 0.25) is 15.0 Å². The number of carbonyl (C=O) groups excluding carboxylic acids is 2. The predicted octanol–water partition coefficient (Wildman–Crippen LogP) is 1.55. The highest BCUT2D eigenvalue weighted by Gasteiger charge is 2.35. The summed E-state index contributed by atoms with van der Waals surface area (Å²) in [6.45, 7) is 3.87. The molecule has 1 saturated heterocycles. The molecular formula is C12H15ClN2O5S2. The van der Waals surface area contributed by atoms with E-state index in [-0.39, 0.29) is 42.8 Å². The number of hydrogen-bond acceptors (Lipinski definition) is 7. The van der Waals surface area contributed by atoms with Crippen molar-refractivity contribution in [2.45, 2.75) is 20.3 Å². The molecule has 22 heavy (non-hydrogen) atoms. The van der Waals surface area contributed by atoms with Crippen molar-refractivity contribution < 1.29 is 22.7 Å². The SMILES string of the molecule is CCOC(=O)c1nc(N2CC(CS(=O)(=O)Cl)CC2=O)sc1C. The van der Waals surface area contributed by atoms with Gasteiger partial charge in [0.05, 0.1) is 12.4 Å². The van der Waals surface area contributed by atoms with Gasteiger partial charge in [-0.3, -0.25) is 9.69 Å². The number of halogens is 1. The fourth-order valence-electron chi connectivity index (χ4n) is 2.25. The third-order valence-electron chi connectivity index (χ3n) is 3.12. The summed E-state index contributed by atoms with van der Waals surface area (Å²) in [6, 6.07) is 0. The summed E-state index contributed by atoms with van der Waals surface area (Å²) in [5.41, 5.74) is 0.183. The van der Waals surface area contributed by atoms with E-state index in [0.717, 1.165) is 0 Å². The van der Waals surface area contributed by atoms with Crippen molar-refractivity contribution in [1.82, 2.24) is 4.98 Å². The number of aryl methyl sites for hydroxylation is 1. The fourth-order valence-corrected chi connectivity index (χ4v) is 4.49. The molecular weight excluding hydrogens is 352 g/mol. The van der Waals surface area contributed by atoms with Crippen LogP contribution < -0.4 is 4.90 Å². The Kier molecular flexibility index (Phi) is 5.08. The van der Waals surface area contributed by atoms with Gasteiger partial charge in [0, 0.05) is 34.4 Å². The highest BCUT2D eigenvalue weighted by Crippen LogP contribution is 2.31. The summed E-state index contributed by atoms with van der Waals surface area (Å²) >= 11 is 1.20.